The second kappa shape index (κ2) is 7.43. The molecule has 124 valence electrons. The smallest absolute Gasteiger partial charge is 0.120 e. The number of rotatable bonds is 5. The number of hydrogen-bond donors (Lipinski definition) is 0. The van der Waals surface area contributed by atoms with Crippen LogP contribution >= 0.6 is 0 Å². The molecule has 1 aliphatic rings. The molecule has 1 aliphatic carbocycles. The molecular weight excluding hydrogens is 296 g/mol. The van der Waals surface area contributed by atoms with Crippen molar-refractivity contribution >= 4 is 17.0 Å². The highest BCUT2D eigenvalue weighted by molar-refractivity contribution is 6.00. The van der Waals surface area contributed by atoms with Crippen LogP contribution in [0.3, 0.4) is 0 Å². The van der Waals surface area contributed by atoms with E-state index in [1.807, 2.05) is 44.3 Å². The summed E-state index contributed by atoms with van der Waals surface area (Å²) in [4.78, 5) is 8.94. The normalized spacial score (nSPS) is 15.5. The number of benzene rings is 1. The number of ether oxygens (including phenoxy) is 1. The van der Waals surface area contributed by atoms with Gasteiger partial charge in [-0.2, -0.15) is 0 Å². The van der Waals surface area contributed by atoms with E-state index in [1.54, 1.807) is 6.20 Å². The van der Waals surface area contributed by atoms with Crippen molar-refractivity contribution in [3.8, 4) is 5.75 Å². The number of aromatic nitrogens is 1. The molecule has 24 heavy (non-hydrogen) atoms. The van der Waals surface area contributed by atoms with Gasteiger partial charge < -0.3 is 4.74 Å². The van der Waals surface area contributed by atoms with E-state index in [2.05, 4.69) is 17.6 Å². The fourth-order valence-corrected chi connectivity index (χ4v) is 3.05. The zero-order chi connectivity index (χ0) is 16.9. The number of pyridine rings is 1. The van der Waals surface area contributed by atoms with Gasteiger partial charge in [-0.3, -0.25) is 9.98 Å². The Morgan fingerprint density at radius 1 is 1.21 bits per heavy atom. The van der Waals surface area contributed by atoms with Crippen LogP contribution in [0.2, 0.25) is 0 Å². The maximum absolute atomic E-state index is 6.11. The molecule has 1 aromatic heterocycles. The largest absolute Gasteiger partial charge is 0.490 e. The SMILES string of the molecule is C=C(C)c1cc(OC2CCCC2)ccc1N=C(C)c1cccnc1. The Bertz CT molecular complexity index is 744. The summed E-state index contributed by atoms with van der Waals surface area (Å²) < 4.78 is 6.11. The topological polar surface area (TPSA) is 34.5 Å². The summed E-state index contributed by atoms with van der Waals surface area (Å²) in [5, 5.41) is 0. The van der Waals surface area contributed by atoms with Gasteiger partial charge in [0.2, 0.25) is 0 Å². The fourth-order valence-electron chi connectivity index (χ4n) is 3.05. The number of hydrogen-bond acceptors (Lipinski definition) is 3. The fraction of sp³-hybridized carbons (Fsp3) is 0.333. The van der Waals surface area contributed by atoms with Crippen molar-refractivity contribution in [1.82, 2.24) is 4.98 Å². The molecule has 1 heterocycles. The highest BCUT2D eigenvalue weighted by atomic mass is 16.5. The standard InChI is InChI=1S/C21H24N2O/c1-15(2)20-13-19(24-18-8-4-5-9-18)10-11-21(20)23-16(3)17-7-6-12-22-14-17/h6-7,10-14,18H,1,4-5,8-9H2,2-3H3. The Balaban J connectivity index is 1.88. The van der Waals surface area contributed by atoms with Crippen LogP contribution in [0.4, 0.5) is 5.69 Å². The highest BCUT2D eigenvalue weighted by Gasteiger charge is 2.17. The first-order chi connectivity index (χ1) is 11.6. The van der Waals surface area contributed by atoms with Gasteiger partial charge in [0, 0.05) is 29.2 Å². The van der Waals surface area contributed by atoms with Gasteiger partial charge in [-0.05, 0) is 69.4 Å². The van der Waals surface area contributed by atoms with E-state index in [0.29, 0.717) is 6.10 Å². The average Bonchev–Trinajstić information content (AvgIpc) is 3.10. The van der Waals surface area contributed by atoms with Gasteiger partial charge >= 0.3 is 0 Å². The molecule has 1 saturated carbocycles. The molecule has 0 bridgehead atoms. The summed E-state index contributed by atoms with van der Waals surface area (Å²) in [6, 6.07) is 10.0. The van der Waals surface area contributed by atoms with Crippen LogP contribution in [0, 0.1) is 0 Å². The quantitative estimate of drug-likeness (QED) is 0.674. The first-order valence-corrected chi connectivity index (χ1v) is 8.56. The Morgan fingerprint density at radius 2 is 2.00 bits per heavy atom. The predicted octanol–water partition coefficient (Wildman–Crippen LogP) is 5.58. The van der Waals surface area contributed by atoms with Crippen LogP contribution in [0.25, 0.3) is 5.57 Å². The molecule has 2 aromatic rings. The zero-order valence-corrected chi connectivity index (χ0v) is 14.5. The molecule has 1 aromatic carbocycles. The maximum Gasteiger partial charge on any atom is 0.120 e. The number of aliphatic imine (C=N–C) groups is 1. The third kappa shape index (κ3) is 3.91. The maximum atomic E-state index is 6.11. The van der Waals surface area contributed by atoms with Gasteiger partial charge in [-0.25, -0.2) is 0 Å². The number of nitrogens with zero attached hydrogens (tertiary/aromatic N) is 2. The third-order valence-electron chi connectivity index (χ3n) is 4.40. The van der Waals surface area contributed by atoms with Gasteiger partial charge in [0.15, 0.2) is 0 Å². The Morgan fingerprint density at radius 3 is 2.67 bits per heavy atom. The van der Waals surface area contributed by atoms with Crippen molar-refractivity contribution in [1.29, 1.82) is 0 Å². The number of allylic oxidation sites excluding steroid dienone is 1. The molecule has 0 unspecified atom stereocenters. The Labute approximate surface area is 144 Å². The Kier molecular flexibility index (Phi) is 5.09. The summed E-state index contributed by atoms with van der Waals surface area (Å²) >= 11 is 0. The lowest BCUT2D eigenvalue weighted by atomic mass is 10.1. The molecule has 0 spiro atoms. The highest BCUT2D eigenvalue weighted by Crippen LogP contribution is 2.32. The summed E-state index contributed by atoms with van der Waals surface area (Å²) in [6.07, 6.45) is 8.80. The molecule has 1 fully saturated rings. The van der Waals surface area contributed by atoms with Crippen LogP contribution in [-0.2, 0) is 0 Å². The van der Waals surface area contributed by atoms with Gasteiger partial charge in [-0.1, -0.05) is 12.6 Å². The van der Waals surface area contributed by atoms with Gasteiger partial charge in [0.1, 0.15) is 5.75 Å². The van der Waals surface area contributed by atoms with Crippen LogP contribution in [0.5, 0.6) is 5.75 Å². The van der Waals surface area contributed by atoms with Crippen molar-refractivity contribution in [3.05, 3.63) is 60.4 Å². The second-order valence-corrected chi connectivity index (χ2v) is 6.42. The van der Waals surface area contributed by atoms with E-state index >= 15 is 0 Å². The zero-order valence-electron chi connectivity index (χ0n) is 14.5. The molecule has 0 aliphatic heterocycles. The molecule has 0 saturated heterocycles. The lowest BCUT2D eigenvalue weighted by molar-refractivity contribution is 0.210. The van der Waals surface area contributed by atoms with Crippen LogP contribution < -0.4 is 4.74 Å². The van der Waals surface area contributed by atoms with Crippen LogP contribution in [0.1, 0.15) is 50.7 Å². The van der Waals surface area contributed by atoms with Crippen molar-refractivity contribution < 1.29 is 4.74 Å². The molecule has 3 rings (SSSR count). The Hall–Kier alpha value is -2.42. The van der Waals surface area contributed by atoms with E-state index in [4.69, 9.17) is 9.73 Å². The van der Waals surface area contributed by atoms with E-state index in [-0.39, 0.29) is 0 Å². The monoisotopic (exact) mass is 320 g/mol. The third-order valence-corrected chi connectivity index (χ3v) is 4.40. The first-order valence-electron chi connectivity index (χ1n) is 8.56. The first kappa shape index (κ1) is 16.4. The van der Waals surface area contributed by atoms with Crippen molar-refractivity contribution in [3.63, 3.8) is 0 Å². The summed E-state index contributed by atoms with van der Waals surface area (Å²) in [5.41, 5.74) is 4.91. The van der Waals surface area contributed by atoms with Crippen LogP contribution in [-0.4, -0.2) is 16.8 Å². The molecular formula is C21H24N2O. The molecule has 0 radical (unpaired) electrons. The second-order valence-electron chi connectivity index (χ2n) is 6.42. The summed E-state index contributed by atoms with van der Waals surface area (Å²) in [5.74, 6) is 0.915. The van der Waals surface area contributed by atoms with Gasteiger partial charge in [0.25, 0.3) is 0 Å². The molecule has 3 nitrogen and oxygen atoms in total. The minimum absolute atomic E-state index is 0.356. The van der Waals surface area contributed by atoms with Gasteiger partial charge in [0.05, 0.1) is 11.8 Å². The minimum Gasteiger partial charge on any atom is -0.490 e. The molecule has 3 heteroatoms. The average molecular weight is 320 g/mol. The van der Waals surface area contributed by atoms with Crippen molar-refractivity contribution in [2.45, 2.75) is 45.6 Å². The van der Waals surface area contributed by atoms with Crippen LogP contribution in [0.15, 0.2) is 54.3 Å². The van der Waals surface area contributed by atoms with Crippen molar-refractivity contribution in [2.24, 2.45) is 4.99 Å². The lowest BCUT2D eigenvalue weighted by Gasteiger charge is -2.15. The van der Waals surface area contributed by atoms with E-state index in [9.17, 15) is 0 Å². The van der Waals surface area contributed by atoms with Crippen molar-refractivity contribution in [2.75, 3.05) is 0 Å². The van der Waals surface area contributed by atoms with E-state index in [1.165, 1.54) is 12.8 Å². The summed E-state index contributed by atoms with van der Waals surface area (Å²) in [6.45, 7) is 8.11. The van der Waals surface area contributed by atoms with E-state index in [0.717, 1.165) is 46.7 Å². The minimum atomic E-state index is 0.356. The predicted molar refractivity (Wildman–Crippen MR) is 100 cm³/mol. The summed E-state index contributed by atoms with van der Waals surface area (Å²) in [7, 11) is 0. The lowest BCUT2D eigenvalue weighted by Crippen LogP contribution is -2.10. The molecule has 0 N–H and O–H groups in total. The van der Waals surface area contributed by atoms with E-state index < -0.39 is 0 Å². The van der Waals surface area contributed by atoms with Gasteiger partial charge in [-0.15, -0.1) is 0 Å². The molecule has 0 atom stereocenters. The molecule has 0 amide bonds.